The fraction of sp³-hybridized carbons (Fsp3) is 0.130. The number of carboxylic acids is 1. The highest BCUT2D eigenvalue weighted by molar-refractivity contribution is 7.17. The Labute approximate surface area is 191 Å². The van der Waals surface area contributed by atoms with Crippen LogP contribution in [0.1, 0.15) is 21.5 Å². The van der Waals surface area contributed by atoms with Crippen LogP contribution in [0.15, 0.2) is 52.6 Å². The van der Waals surface area contributed by atoms with E-state index in [1.807, 2.05) is 38.1 Å². The van der Waals surface area contributed by atoms with Gasteiger partial charge < -0.3 is 10.4 Å². The van der Waals surface area contributed by atoms with Crippen molar-refractivity contribution >= 4 is 50.7 Å². The van der Waals surface area contributed by atoms with Crippen LogP contribution in [0.25, 0.3) is 21.6 Å². The zero-order valence-corrected chi connectivity index (χ0v) is 18.8. The molecule has 0 bridgehead atoms. The normalized spacial score (nSPS) is 11.0. The maximum Gasteiger partial charge on any atom is 0.337 e. The largest absolute Gasteiger partial charge is 0.478 e. The zero-order valence-electron chi connectivity index (χ0n) is 17.2. The van der Waals surface area contributed by atoms with Crippen LogP contribution < -0.4 is 10.9 Å². The Morgan fingerprint density at radius 3 is 2.59 bits per heavy atom. The monoisotopic (exact) mass is 467 g/mol. The second-order valence-electron chi connectivity index (χ2n) is 7.28. The molecule has 2 aromatic carbocycles. The maximum absolute atomic E-state index is 13.4. The fourth-order valence-corrected chi connectivity index (χ4v) is 4.59. The molecule has 4 rings (SSSR count). The number of aromatic carboxylic acids is 1. The summed E-state index contributed by atoms with van der Waals surface area (Å²) in [5, 5.41) is 14.2. The summed E-state index contributed by atoms with van der Waals surface area (Å²) in [5.41, 5.74) is 2.21. The molecule has 0 radical (unpaired) electrons. The number of amides is 1. The van der Waals surface area contributed by atoms with E-state index in [-0.39, 0.29) is 17.5 Å². The van der Waals surface area contributed by atoms with Gasteiger partial charge in [-0.15, -0.1) is 11.3 Å². The van der Waals surface area contributed by atoms with Crippen molar-refractivity contribution in [3.63, 3.8) is 0 Å². The summed E-state index contributed by atoms with van der Waals surface area (Å²) >= 11 is 7.07. The second kappa shape index (κ2) is 8.57. The topological polar surface area (TPSA) is 101 Å². The number of aryl methyl sites for hydroxylation is 2. The van der Waals surface area contributed by atoms with Gasteiger partial charge in [0, 0.05) is 21.7 Å². The number of carbonyl (C=O) groups excluding carboxylic acids is 1. The Morgan fingerprint density at radius 1 is 1.16 bits per heavy atom. The number of halogens is 1. The highest BCUT2D eigenvalue weighted by atomic mass is 35.5. The number of benzene rings is 2. The summed E-state index contributed by atoms with van der Waals surface area (Å²) in [6.07, 6.45) is 0. The van der Waals surface area contributed by atoms with Crippen LogP contribution in [0.5, 0.6) is 0 Å². The van der Waals surface area contributed by atoms with Gasteiger partial charge in [-0.05, 0) is 43.2 Å². The molecule has 0 aliphatic carbocycles. The molecule has 0 saturated heterocycles. The van der Waals surface area contributed by atoms with Crippen molar-refractivity contribution in [1.29, 1.82) is 0 Å². The molecule has 2 aromatic heterocycles. The fourth-order valence-electron chi connectivity index (χ4n) is 3.46. The molecule has 0 spiro atoms. The molecular weight excluding hydrogens is 450 g/mol. The van der Waals surface area contributed by atoms with Crippen molar-refractivity contribution in [2.24, 2.45) is 0 Å². The van der Waals surface area contributed by atoms with Crippen LogP contribution in [-0.4, -0.2) is 26.5 Å². The van der Waals surface area contributed by atoms with Gasteiger partial charge in [0.1, 0.15) is 17.2 Å². The van der Waals surface area contributed by atoms with E-state index in [1.54, 1.807) is 18.2 Å². The van der Waals surface area contributed by atoms with Crippen molar-refractivity contribution in [1.82, 2.24) is 9.55 Å². The molecule has 9 heteroatoms. The lowest BCUT2D eigenvalue weighted by Gasteiger charge is -2.15. The quantitative estimate of drug-likeness (QED) is 0.441. The summed E-state index contributed by atoms with van der Waals surface area (Å²) < 4.78 is 1.23. The van der Waals surface area contributed by atoms with Crippen LogP contribution in [0.4, 0.5) is 5.69 Å². The third-order valence-electron chi connectivity index (χ3n) is 5.07. The molecule has 1 amide bonds. The predicted octanol–water partition coefficient (Wildman–Crippen LogP) is 4.73. The van der Waals surface area contributed by atoms with Crippen molar-refractivity contribution in [3.8, 4) is 11.4 Å². The average molecular weight is 468 g/mol. The molecule has 7 nitrogen and oxygen atoms in total. The zero-order chi connectivity index (χ0) is 23.0. The van der Waals surface area contributed by atoms with Gasteiger partial charge in [-0.1, -0.05) is 35.9 Å². The lowest BCUT2D eigenvalue weighted by atomic mass is 10.1. The second-order valence-corrected chi connectivity index (χ2v) is 8.58. The first-order valence-electron chi connectivity index (χ1n) is 9.63. The van der Waals surface area contributed by atoms with E-state index in [1.165, 1.54) is 9.95 Å². The van der Waals surface area contributed by atoms with E-state index < -0.39 is 17.4 Å². The predicted molar refractivity (Wildman–Crippen MR) is 126 cm³/mol. The van der Waals surface area contributed by atoms with Crippen LogP contribution in [0.3, 0.4) is 0 Å². The summed E-state index contributed by atoms with van der Waals surface area (Å²) in [6, 6.07) is 12.4. The van der Waals surface area contributed by atoms with Crippen molar-refractivity contribution in [2.75, 3.05) is 5.32 Å². The van der Waals surface area contributed by atoms with E-state index in [0.29, 0.717) is 26.9 Å². The van der Waals surface area contributed by atoms with Gasteiger partial charge in [0.25, 0.3) is 5.56 Å². The van der Waals surface area contributed by atoms with Gasteiger partial charge in [0.15, 0.2) is 0 Å². The van der Waals surface area contributed by atoms with Gasteiger partial charge >= 0.3 is 5.97 Å². The van der Waals surface area contributed by atoms with Crippen molar-refractivity contribution in [2.45, 2.75) is 20.4 Å². The molecule has 2 N–H and O–H groups in total. The minimum atomic E-state index is -1.22. The Balaban J connectivity index is 1.85. The number of thiophene rings is 1. The van der Waals surface area contributed by atoms with Crippen LogP contribution in [0.2, 0.25) is 5.02 Å². The maximum atomic E-state index is 13.4. The number of hydrogen-bond acceptors (Lipinski definition) is 5. The molecule has 0 unspecified atom stereocenters. The Bertz CT molecular complexity index is 1440. The van der Waals surface area contributed by atoms with Crippen LogP contribution in [-0.2, 0) is 11.3 Å². The van der Waals surface area contributed by atoms with Crippen molar-refractivity contribution < 1.29 is 14.7 Å². The molecule has 32 heavy (non-hydrogen) atoms. The van der Waals surface area contributed by atoms with Gasteiger partial charge in [0.05, 0.1) is 10.9 Å². The number of carbonyl (C=O) groups is 2. The minimum absolute atomic E-state index is 0.00434. The number of nitrogens with one attached hydrogen (secondary N) is 1. The molecule has 162 valence electrons. The molecule has 4 aromatic rings. The average Bonchev–Trinajstić information content (AvgIpc) is 3.17. The molecule has 0 saturated carbocycles. The number of aromatic nitrogens is 2. The van der Waals surface area contributed by atoms with Gasteiger partial charge in [-0.25, -0.2) is 9.78 Å². The number of rotatable bonds is 5. The minimum Gasteiger partial charge on any atom is -0.478 e. The molecule has 0 aliphatic heterocycles. The smallest absolute Gasteiger partial charge is 0.337 e. The summed E-state index contributed by atoms with van der Waals surface area (Å²) in [7, 11) is 0. The molecule has 0 fully saturated rings. The Morgan fingerprint density at radius 2 is 1.91 bits per heavy atom. The Kier molecular flexibility index (Phi) is 5.82. The lowest BCUT2D eigenvalue weighted by molar-refractivity contribution is -0.116. The third kappa shape index (κ3) is 4.02. The number of carboxylic acid groups (broad SMARTS) is 1. The Hall–Kier alpha value is -3.49. The van der Waals surface area contributed by atoms with E-state index in [0.717, 1.165) is 22.5 Å². The number of fused-ring (bicyclic) bond motifs is 1. The first kappa shape index (κ1) is 21.7. The van der Waals surface area contributed by atoms with Crippen LogP contribution >= 0.6 is 22.9 Å². The van der Waals surface area contributed by atoms with E-state index >= 15 is 0 Å². The summed E-state index contributed by atoms with van der Waals surface area (Å²) in [4.78, 5) is 42.8. The van der Waals surface area contributed by atoms with Crippen LogP contribution in [0, 0.1) is 13.8 Å². The number of hydrogen-bond donors (Lipinski definition) is 2. The molecular formula is C23H18ClN3O4S. The SMILES string of the molecule is Cc1cc(Cl)ccc1NC(=O)Cn1c(-c2ccccc2C)nc2scc(C(=O)O)c2c1=O. The third-order valence-corrected chi connectivity index (χ3v) is 6.18. The van der Waals surface area contributed by atoms with E-state index in [2.05, 4.69) is 10.3 Å². The molecule has 2 heterocycles. The number of nitrogens with zero attached hydrogens (tertiary/aromatic N) is 2. The summed E-state index contributed by atoms with van der Waals surface area (Å²) in [5.74, 6) is -1.35. The van der Waals surface area contributed by atoms with E-state index in [9.17, 15) is 19.5 Å². The first-order chi connectivity index (χ1) is 15.3. The van der Waals surface area contributed by atoms with Gasteiger partial charge in [-0.2, -0.15) is 0 Å². The van der Waals surface area contributed by atoms with E-state index in [4.69, 9.17) is 11.6 Å². The van der Waals surface area contributed by atoms with Gasteiger partial charge in [-0.3, -0.25) is 14.2 Å². The number of anilines is 1. The highest BCUT2D eigenvalue weighted by Crippen LogP contribution is 2.27. The molecule has 0 aliphatic rings. The first-order valence-corrected chi connectivity index (χ1v) is 10.9. The standard InChI is InChI=1S/C23H18ClN3O4S/c1-12-5-3-4-6-15(12)20-26-21-19(16(11-32-21)23(30)31)22(29)27(20)10-18(28)25-17-8-7-14(24)9-13(17)2/h3-9,11H,10H2,1-2H3,(H,25,28)(H,30,31). The highest BCUT2D eigenvalue weighted by Gasteiger charge is 2.22. The van der Waals surface area contributed by atoms with Crippen molar-refractivity contribution in [3.05, 3.63) is 79.9 Å². The summed E-state index contributed by atoms with van der Waals surface area (Å²) in [6.45, 7) is 3.36. The molecule has 0 atom stereocenters. The van der Waals surface area contributed by atoms with Gasteiger partial charge in [0.2, 0.25) is 5.91 Å². The lowest BCUT2D eigenvalue weighted by Crippen LogP contribution is -2.30.